The predicted molar refractivity (Wildman–Crippen MR) is 74.9 cm³/mol. The molecule has 1 saturated heterocycles. The van der Waals surface area contributed by atoms with Crippen LogP contribution in [0.1, 0.15) is 12.8 Å². The average molecular weight is 329 g/mol. The number of piperidine rings is 1. The molecule has 19 heavy (non-hydrogen) atoms. The van der Waals surface area contributed by atoms with Gasteiger partial charge in [-0.05, 0) is 37.6 Å². The third-order valence-corrected chi connectivity index (χ3v) is 4.59. The van der Waals surface area contributed by atoms with Gasteiger partial charge in [-0.3, -0.25) is 0 Å². The van der Waals surface area contributed by atoms with Crippen LogP contribution in [-0.4, -0.2) is 27.5 Å². The van der Waals surface area contributed by atoms with E-state index < -0.39 is 15.8 Å². The molecule has 8 heteroatoms. The van der Waals surface area contributed by atoms with Gasteiger partial charge in [-0.15, -0.1) is 12.4 Å². The molecule has 1 aliphatic heterocycles. The summed E-state index contributed by atoms with van der Waals surface area (Å²) in [7, 11) is -3.83. The summed E-state index contributed by atoms with van der Waals surface area (Å²) in [4.78, 5) is -0.363. The first-order valence-corrected chi connectivity index (χ1v) is 7.53. The Balaban J connectivity index is 0.00000180. The second-order valence-corrected chi connectivity index (χ2v) is 6.36. The third kappa shape index (κ3) is 4.29. The number of hydrogen-bond donors (Lipinski definition) is 2. The Bertz CT molecular complexity index is 533. The summed E-state index contributed by atoms with van der Waals surface area (Å²) in [6.07, 6.45) is 1.65. The molecule has 2 rings (SSSR count). The Labute approximate surface area is 123 Å². The van der Waals surface area contributed by atoms with Gasteiger partial charge in [0.15, 0.2) is 0 Å². The van der Waals surface area contributed by atoms with E-state index in [9.17, 15) is 12.8 Å². The molecule has 2 N–H and O–H groups in total. The molecular weight excluding hydrogens is 314 g/mol. The summed E-state index contributed by atoms with van der Waals surface area (Å²) in [5.41, 5.74) is 0. The number of hydrogen-bond acceptors (Lipinski definition) is 3. The Hall–Kier alpha value is -0.400. The van der Waals surface area contributed by atoms with E-state index in [2.05, 4.69) is 10.0 Å². The van der Waals surface area contributed by atoms with E-state index in [4.69, 9.17) is 11.6 Å². The van der Waals surface area contributed by atoms with Gasteiger partial charge in [-0.1, -0.05) is 11.6 Å². The molecule has 108 valence electrons. The van der Waals surface area contributed by atoms with Crippen molar-refractivity contribution in [3.05, 3.63) is 29.0 Å². The third-order valence-electron chi connectivity index (χ3n) is 2.80. The highest BCUT2D eigenvalue weighted by Gasteiger charge is 2.24. The molecule has 0 radical (unpaired) electrons. The summed E-state index contributed by atoms with van der Waals surface area (Å²) in [6, 6.07) is 3.34. The van der Waals surface area contributed by atoms with Gasteiger partial charge in [0, 0.05) is 17.6 Å². The lowest BCUT2D eigenvalue weighted by molar-refractivity contribution is 0.427. The highest BCUT2D eigenvalue weighted by atomic mass is 35.5. The second-order valence-electron chi connectivity index (χ2n) is 4.24. The van der Waals surface area contributed by atoms with Gasteiger partial charge in [-0.2, -0.15) is 0 Å². The van der Waals surface area contributed by atoms with Crippen LogP contribution in [0.15, 0.2) is 23.1 Å². The number of nitrogens with one attached hydrogen (secondary N) is 2. The van der Waals surface area contributed by atoms with Crippen LogP contribution in [0.2, 0.25) is 5.02 Å². The quantitative estimate of drug-likeness (QED) is 0.891. The smallest absolute Gasteiger partial charge is 0.243 e. The van der Waals surface area contributed by atoms with Crippen molar-refractivity contribution in [2.45, 2.75) is 23.8 Å². The predicted octanol–water partition coefficient (Wildman–Crippen LogP) is 1.93. The lowest BCUT2D eigenvalue weighted by atomic mass is 10.1. The average Bonchev–Trinajstić information content (AvgIpc) is 2.29. The lowest BCUT2D eigenvalue weighted by Crippen LogP contribution is -2.45. The zero-order valence-electron chi connectivity index (χ0n) is 10.0. The molecule has 4 nitrogen and oxygen atoms in total. The molecule has 0 aliphatic carbocycles. The molecule has 1 fully saturated rings. The van der Waals surface area contributed by atoms with E-state index in [0.717, 1.165) is 25.5 Å². The Morgan fingerprint density at radius 1 is 1.42 bits per heavy atom. The summed E-state index contributed by atoms with van der Waals surface area (Å²) >= 11 is 5.59. The zero-order chi connectivity index (χ0) is 13.2. The van der Waals surface area contributed by atoms with Crippen molar-refractivity contribution in [3.63, 3.8) is 0 Å². The Morgan fingerprint density at radius 2 is 2.16 bits per heavy atom. The fraction of sp³-hybridized carbons (Fsp3) is 0.455. The van der Waals surface area contributed by atoms with Crippen molar-refractivity contribution in [1.82, 2.24) is 10.0 Å². The molecular formula is C11H15Cl2FN2O2S. The molecule has 0 aromatic heterocycles. The monoisotopic (exact) mass is 328 g/mol. The molecule has 0 spiro atoms. The first-order chi connectivity index (χ1) is 8.49. The minimum atomic E-state index is -3.83. The summed E-state index contributed by atoms with van der Waals surface area (Å²) in [5, 5.41) is 3.26. The lowest BCUT2D eigenvalue weighted by Gasteiger charge is -2.23. The van der Waals surface area contributed by atoms with Crippen LogP contribution >= 0.6 is 24.0 Å². The molecule has 1 aromatic carbocycles. The maximum absolute atomic E-state index is 13.6. The van der Waals surface area contributed by atoms with Crippen molar-refractivity contribution in [2.24, 2.45) is 0 Å². The van der Waals surface area contributed by atoms with Crippen molar-refractivity contribution in [2.75, 3.05) is 13.1 Å². The summed E-state index contributed by atoms with van der Waals surface area (Å²) in [6.45, 7) is 1.45. The maximum Gasteiger partial charge on any atom is 0.243 e. The Kier molecular flexibility index (Phi) is 6.01. The zero-order valence-corrected chi connectivity index (χ0v) is 12.4. The summed E-state index contributed by atoms with van der Waals surface area (Å²) in [5.74, 6) is -0.834. The number of sulfonamides is 1. The number of halogens is 3. The highest BCUT2D eigenvalue weighted by molar-refractivity contribution is 7.89. The van der Waals surface area contributed by atoms with Crippen LogP contribution in [-0.2, 0) is 10.0 Å². The molecule has 1 aliphatic rings. The van der Waals surface area contributed by atoms with Gasteiger partial charge in [0.05, 0.1) is 0 Å². The van der Waals surface area contributed by atoms with Gasteiger partial charge < -0.3 is 5.32 Å². The van der Waals surface area contributed by atoms with Gasteiger partial charge >= 0.3 is 0 Å². The molecule has 0 unspecified atom stereocenters. The molecule has 1 heterocycles. The number of rotatable bonds is 3. The highest BCUT2D eigenvalue weighted by Crippen LogP contribution is 2.19. The minimum Gasteiger partial charge on any atom is -0.315 e. The van der Waals surface area contributed by atoms with Crippen molar-refractivity contribution < 1.29 is 12.8 Å². The minimum absolute atomic E-state index is 0. The van der Waals surface area contributed by atoms with Crippen molar-refractivity contribution in [1.29, 1.82) is 0 Å². The van der Waals surface area contributed by atoms with E-state index in [-0.39, 0.29) is 28.4 Å². The fourth-order valence-corrected chi connectivity index (χ4v) is 3.42. The van der Waals surface area contributed by atoms with Crippen LogP contribution in [0.25, 0.3) is 0 Å². The standard InChI is InChI=1S/C11H14ClFN2O2S.ClH/c12-8-3-4-11(10(13)6-8)18(16,17)15-9-2-1-5-14-7-9;/h3-4,6,9,14-15H,1-2,5,7H2;1H/t9-;/m1./s1. The molecule has 1 atom stereocenters. The van der Waals surface area contributed by atoms with Crippen LogP contribution in [0, 0.1) is 5.82 Å². The van der Waals surface area contributed by atoms with E-state index in [0.29, 0.717) is 6.54 Å². The maximum atomic E-state index is 13.6. The van der Waals surface area contributed by atoms with E-state index in [1.807, 2.05) is 0 Å². The molecule has 0 saturated carbocycles. The number of benzene rings is 1. The van der Waals surface area contributed by atoms with E-state index in [1.54, 1.807) is 0 Å². The first-order valence-electron chi connectivity index (χ1n) is 5.67. The normalized spacial score (nSPS) is 19.8. The van der Waals surface area contributed by atoms with Gasteiger partial charge in [0.2, 0.25) is 10.0 Å². The molecule has 1 aromatic rings. The van der Waals surface area contributed by atoms with E-state index in [1.165, 1.54) is 12.1 Å². The molecule has 0 bridgehead atoms. The topological polar surface area (TPSA) is 58.2 Å². The first kappa shape index (κ1) is 16.7. The van der Waals surface area contributed by atoms with Crippen LogP contribution in [0.3, 0.4) is 0 Å². The van der Waals surface area contributed by atoms with Crippen molar-refractivity contribution >= 4 is 34.0 Å². The molecule has 0 amide bonds. The van der Waals surface area contributed by atoms with Crippen molar-refractivity contribution in [3.8, 4) is 0 Å². The largest absolute Gasteiger partial charge is 0.315 e. The van der Waals surface area contributed by atoms with Crippen LogP contribution < -0.4 is 10.0 Å². The van der Waals surface area contributed by atoms with Crippen LogP contribution in [0.5, 0.6) is 0 Å². The SMILES string of the molecule is Cl.O=S(=O)(N[C@@H]1CCCNC1)c1ccc(Cl)cc1F. The van der Waals surface area contributed by atoms with Crippen LogP contribution in [0.4, 0.5) is 4.39 Å². The van der Waals surface area contributed by atoms with E-state index >= 15 is 0 Å². The Morgan fingerprint density at radius 3 is 2.74 bits per heavy atom. The van der Waals surface area contributed by atoms with Gasteiger partial charge in [-0.25, -0.2) is 17.5 Å². The summed E-state index contributed by atoms with van der Waals surface area (Å²) < 4.78 is 40.1. The fourth-order valence-electron chi connectivity index (χ4n) is 1.93. The van der Waals surface area contributed by atoms with Gasteiger partial charge in [0.1, 0.15) is 10.7 Å². The van der Waals surface area contributed by atoms with Gasteiger partial charge in [0.25, 0.3) is 0 Å². The second kappa shape index (κ2) is 6.85.